The third-order valence-electron chi connectivity index (χ3n) is 3.68. The third-order valence-corrected chi connectivity index (χ3v) is 3.68. The number of hydrogen-bond acceptors (Lipinski definition) is 2. The molecule has 1 rings (SSSR count). The molecule has 0 saturated heterocycles. The fourth-order valence-electron chi connectivity index (χ4n) is 2.56. The number of rotatable bonds is 5. The fraction of sp³-hybridized carbons (Fsp3) is 0.923. The van der Waals surface area contributed by atoms with Crippen LogP contribution in [0, 0.1) is 17.2 Å². The smallest absolute Gasteiger partial charge is 0.0983 e. The van der Waals surface area contributed by atoms with Gasteiger partial charge in [0.15, 0.2) is 0 Å². The summed E-state index contributed by atoms with van der Waals surface area (Å²) < 4.78 is 0. The number of nitrogens with zero attached hydrogens (tertiary/aromatic N) is 1. The molecule has 1 atom stereocenters. The zero-order valence-electron chi connectivity index (χ0n) is 10.1. The van der Waals surface area contributed by atoms with Crippen molar-refractivity contribution < 1.29 is 0 Å². The fourth-order valence-corrected chi connectivity index (χ4v) is 2.56. The van der Waals surface area contributed by atoms with E-state index < -0.39 is 0 Å². The van der Waals surface area contributed by atoms with Crippen molar-refractivity contribution in [1.82, 2.24) is 5.32 Å². The molecule has 0 aromatic carbocycles. The lowest BCUT2D eigenvalue weighted by atomic mass is 9.91. The van der Waals surface area contributed by atoms with E-state index >= 15 is 0 Å². The van der Waals surface area contributed by atoms with Gasteiger partial charge in [0.25, 0.3) is 0 Å². The highest BCUT2D eigenvalue weighted by Gasteiger charge is 2.22. The van der Waals surface area contributed by atoms with Crippen LogP contribution in [0.3, 0.4) is 0 Å². The van der Waals surface area contributed by atoms with Gasteiger partial charge in [-0.2, -0.15) is 5.26 Å². The summed E-state index contributed by atoms with van der Waals surface area (Å²) in [6.07, 6.45) is 8.78. The van der Waals surface area contributed by atoms with Crippen LogP contribution in [0.1, 0.15) is 58.8 Å². The summed E-state index contributed by atoms with van der Waals surface area (Å²) in [4.78, 5) is 0. The van der Waals surface area contributed by atoms with Gasteiger partial charge in [0.1, 0.15) is 0 Å². The summed E-state index contributed by atoms with van der Waals surface area (Å²) in [5, 5.41) is 12.7. The monoisotopic (exact) mass is 208 g/mol. The van der Waals surface area contributed by atoms with Gasteiger partial charge in [-0.25, -0.2) is 0 Å². The summed E-state index contributed by atoms with van der Waals surface area (Å²) in [5.74, 6) is 0.525. The average molecular weight is 208 g/mol. The molecule has 0 aromatic heterocycles. The lowest BCUT2D eigenvalue weighted by Gasteiger charge is -2.28. The summed E-state index contributed by atoms with van der Waals surface area (Å²) in [6.45, 7) is 4.36. The van der Waals surface area contributed by atoms with Crippen molar-refractivity contribution in [2.24, 2.45) is 5.92 Å². The maximum absolute atomic E-state index is 9.18. The molecular formula is C13H24N2. The van der Waals surface area contributed by atoms with Gasteiger partial charge in [-0.15, -0.1) is 0 Å². The topological polar surface area (TPSA) is 35.8 Å². The molecule has 0 amide bonds. The molecule has 2 nitrogen and oxygen atoms in total. The first-order valence-corrected chi connectivity index (χ1v) is 6.47. The Balaban J connectivity index is 2.41. The lowest BCUT2D eigenvalue weighted by Crippen LogP contribution is -2.42. The summed E-state index contributed by atoms with van der Waals surface area (Å²) in [6, 6.07) is 3.11. The van der Waals surface area contributed by atoms with E-state index in [4.69, 9.17) is 0 Å². The molecular weight excluding hydrogens is 184 g/mol. The summed E-state index contributed by atoms with van der Waals surface area (Å²) in [5.41, 5.74) is 0. The first-order valence-electron chi connectivity index (χ1n) is 6.47. The molecule has 0 bridgehead atoms. The van der Waals surface area contributed by atoms with Crippen molar-refractivity contribution in [1.29, 1.82) is 5.26 Å². The van der Waals surface area contributed by atoms with Gasteiger partial charge in [-0.3, -0.25) is 5.32 Å². The largest absolute Gasteiger partial charge is 0.299 e. The maximum atomic E-state index is 9.18. The standard InChI is InChI=1S/C13H24N2/c1-3-11(4-2)13(10-14)15-12-8-6-5-7-9-12/h11-13,15H,3-9H2,1-2H3. The van der Waals surface area contributed by atoms with E-state index in [1.165, 1.54) is 32.1 Å². The SMILES string of the molecule is CCC(CC)C(C#N)NC1CCCCC1. The Bertz CT molecular complexity index is 197. The van der Waals surface area contributed by atoms with Crippen LogP contribution in [0.25, 0.3) is 0 Å². The van der Waals surface area contributed by atoms with E-state index in [0.717, 1.165) is 12.8 Å². The van der Waals surface area contributed by atoms with E-state index in [0.29, 0.717) is 12.0 Å². The highest BCUT2D eigenvalue weighted by atomic mass is 15.0. The number of nitrogens with one attached hydrogen (secondary N) is 1. The second-order valence-corrected chi connectivity index (χ2v) is 4.68. The van der Waals surface area contributed by atoms with Crippen LogP contribution in [0.4, 0.5) is 0 Å². The van der Waals surface area contributed by atoms with Gasteiger partial charge in [0.05, 0.1) is 12.1 Å². The van der Waals surface area contributed by atoms with Crippen LogP contribution < -0.4 is 5.32 Å². The number of hydrogen-bond donors (Lipinski definition) is 1. The van der Waals surface area contributed by atoms with Crippen LogP contribution in [0.2, 0.25) is 0 Å². The molecule has 1 unspecified atom stereocenters. The minimum absolute atomic E-state index is 0.0723. The molecule has 0 radical (unpaired) electrons. The minimum atomic E-state index is 0.0723. The van der Waals surface area contributed by atoms with Gasteiger partial charge in [0.2, 0.25) is 0 Å². The molecule has 2 heteroatoms. The van der Waals surface area contributed by atoms with Crippen molar-refractivity contribution >= 4 is 0 Å². The van der Waals surface area contributed by atoms with Crippen LogP contribution in [0.5, 0.6) is 0 Å². The molecule has 1 saturated carbocycles. The second-order valence-electron chi connectivity index (χ2n) is 4.68. The molecule has 0 aromatic rings. The first-order chi connectivity index (χ1) is 7.31. The first kappa shape index (κ1) is 12.5. The maximum Gasteiger partial charge on any atom is 0.0983 e. The zero-order chi connectivity index (χ0) is 11.1. The quantitative estimate of drug-likeness (QED) is 0.753. The lowest BCUT2D eigenvalue weighted by molar-refractivity contribution is 0.304. The Kier molecular flexibility index (Phi) is 5.71. The summed E-state index contributed by atoms with van der Waals surface area (Å²) in [7, 11) is 0. The Morgan fingerprint density at radius 3 is 2.27 bits per heavy atom. The summed E-state index contributed by atoms with van der Waals surface area (Å²) >= 11 is 0. The van der Waals surface area contributed by atoms with Gasteiger partial charge in [-0.1, -0.05) is 46.0 Å². The van der Waals surface area contributed by atoms with E-state index in [1.54, 1.807) is 0 Å². The molecule has 1 aliphatic carbocycles. The van der Waals surface area contributed by atoms with Gasteiger partial charge in [-0.05, 0) is 18.8 Å². The molecule has 86 valence electrons. The predicted molar refractivity (Wildman–Crippen MR) is 63.5 cm³/mol. The highest BCUT2D eigenvalue weighted by molar-refractivity contribution is 4.96. The molecule has 1 aliphatic rings. The molecule has 0 spiro atoms. The Morgan fingerprint density at radius 2 is 1.80 bits per heavy atom. The molecule has 0 aliphatic heterocycles. The van der Waals surface area contributed by atoms with Crippen molar-refractivity contribution in [3.8, 4) is 6.07 Å². The van der Waals surface area contributed by atoms with E-state index in [2.05, 4.69) is 25.2 Å². The van der Waals surface area contributed by atoms with E-state index in [-0.39, 0.29) is 6.04 Å². The minimum Gasteiger partial charge on any atom is -0.299 e. The zero-order valence-corrected chi connectivity index (χ0v) is 10.1. The second kappa shape index (κ2) is 6.85. The van der Waals surface area contributed by atoms with Gasteiger partial charge < -0.3 is 0 Å². The Labute approximate surface area is 94.1 Å². The van der Waals surface area contributed by atoms with Crippen molar-refractivity contribution in [3.63, 3.8) is 0 Å². The molecule has 15 heavy (non-hydrogen) atoms. The average Bonchev–Trinajstić information content (AvgIpc) is 2.30. The third kappa shape index (κ3) is 3.83. The van der Waals surface area contributed by atoms with E-state index in [1.807, 2.05) is 0 Å². The normalized spacial score (nSPS) is 20.1. The van der Waals surface area contributed by atoms with E-state index in [9.17, 15) is 5.26 Å². The van der Waals surface area contributed by atoms with Crippen molar-refractivity contribution in [2.45, 2.75) is 70.9 Å². The highest BCUT2D eigenvalue weighted by Crippen LogP contribution is 2.20. The molecule has 0 heterocycles. The Hall–Kier alpha value is -0.550. The van der Waals surface area contributed by atoms with Crippen LogP contribution >= 0.6 is 0 Å². The van der Waals surface area contributed by atoms with Crippen molar-refractivity contribution in [2.75, 3.05) is 0 Å². The van der Waals surface area contributed by atoms with Gasteiger partial charge in [0, 0.05) is 6.04 Å². The van der Waals surface area contributed by atoms with Gasteiger partial charge >= 0.3 is 0 Å². The number of nitriles is 1. The van der Waals surface area contributed by atoms with Crippen molar-refractivity contribution in [3.05, 3.63) is 0 Å². The Morgan fingerprint density at radius 1 is 1.20 bits per heavy atom. The molecule has 1 fully saturated rings. The van der Waals surface area contributed by atoms with Crippen LogP contribution in [0.15, 0.2) is 0 Å². The van der Waals surface area contributed by atoms with Crippen LogP contribution in [-0.4, -0.2) is 12.1 Å². The van der Waals surface area contributed by atoms with Crippen LogP contribution in [-0.2, 0) is 0 Å². The predicted octanol–water partition coefficient (Wildman–Crippen LogP) is 3.24. The molecule has 1 N–H and O–H groups in total.